The van der Waals surface area contributed by atoms with E-state index in [-0.39, 0.29) is 0 Å². The molecule has 110 valence electrons. The van der Waals surface area contributed by atoms with Crippen LogP contribution in [0.25, 0.3) is 6.08 Å². The number of aromatic nitrogens is 2. The lowest BCUT2D eigenvalue weighted by Crippen LogP contribution is -2.45. The van der Waals surface area contributed by atoms with Crippen LogP contribution in [-0.4, -0.2) is 51.9 Å². The number of nitrogens with zero attached hydrogens (tertiary/aromatic N) is 4. The zero-order valence-electron chi connectivity index (χ0n) is 12.1. The molecule has 1 aliphatic heterocycles. The second kappa shape index (κ2) is 7.45. The second-order valence-electron chi connectivity index (χ2n) is 5.24. The Bertz CT molecular complexity index is 545. The molecule has 1 fully saturated rings. The van der Waals surface area contributed by atoms with Crippen molar-refractivity contribution >= 4 is 17.6 Å². The van der Waals surface area contributed by atoms with Crippen LogP contribution in [0.4, 0.5) is 0 Å². The molecule has 0 atom stereocenters. The van der Waals surface area contributed by atoms with Gasteiger partial charge in [0.05, 0.1) is 6.54 Å². The first-order valence-corrected chi connectivity index (χ1v) is 8.15. The molecule has 0 amide bonds. The van der Waals surface area contributed by atoms with Gasteiger partial charge in [-0.3, -0.25) is 9.80 Å². The molecule has 0 bridgehead atoms. The summed E-state index contributed by atoms with van der Waals surface area (Å²) in [5.41, 5.74) is 3.07. The third kappa shape index (κ3) is 4.46. The Hall–Kier alpha value is -1.56. The average Bonchev–Trinajstić information content (AvgIpc) is 3.03. The lowest BCUT2D eigenvalue weighted by Gasteiger charge is -2.33. The van der Waals surface area contributed by atoms with E-state index in [1.807, 2.05) is 6.07 Å². The summed E-state index contributed by atoms with van der Waals surface area (Å²) in [5.74, 6) is 0.956. The molecule has 1 saturated heterocycles. The molecule has 0 spiro atoms. The molecule has 1 aromatic heterocycles. The standard InChI is InChI=1S/C16H20N4S/c1-2-5-15(6-3-1)7-4-8-19-9-11-20(12-10-19)13-16-17-14-21-18-16/h1-7,14H,8-13H2. The van der Waals surface area contributed by atoms with Gasteiger partial charge in [-0.2, -0.15) is 4.37 Å². The summed E-state index contributed by atoms with van der Waals surface area (Å²) in [7, 11) is 0. The summed E-state index contributed by atoms with van der Waals surface area (Å²) in [6.45, 7) is 6.33. The molecule has 0 unspecified atom stereocenters. The van der Waals surface area contributed by atoms with Crippen molar-refractivity contribution in [1.82, 2.24) is 19.2 Å². The van der Waals surface area contributed by atoms with Crippen molar-refractivity contribution < 1.29 is 0 Å². The van der Waals surface area contributed by atoms with Gasteiger partial charge in [-0.15, -0.1) is 0 Å². The molecule has 0 aliphatic carbocycles. The van der Waals surface area contributed by atoms with Crippen molar-refractivity contribution in [3.63, 3.8) is 0 Å². The van der Waals surface area contributed by atoms with Crippen LogP contribution >= 0.6 is 11.5 Å². The lowest BCUT2D eigenvalue weighted by molar-refractivity contribution is 0.135. The van der Waals surface area contributed by atoms with Gasteiger partial charge in [0, 0.05) is 32.7 Å². The highest BCUT2D eigenvalue weighted by Gasteiger charge is 2.16. The van der Waals surface area contributed by atoms with E-state index in [0.717, 1.165) is 45.1 Å². The van der Waals surface area contributed by atoms with Crippen LogP contribution < -0.4 is 0 Å². The van der Waals surface area contributed by atoms with Gasteiger partial charge in [0.1, 0.15) is 5.51 Å². The van der Waals surface area contributed by atoms with Crippen LogP contribution in [0.3, 0.4) is 0 Å². The van der Waals surface area contributed by atoms with Crippen LogP contribution in [-0.2, 0) is 6.54 Å². The van der Waals surface area contributed by atoms with E-state index in [2.05, 4.69) is 55.6 Å². The van der Waals surface area contributed by atoms with Gasteiger partial charge in [-0.05, 0) is 17.1 Å². The normalized spacial score (nSPS) is 17.5. The summed E-state index contributed by atoms with van der Waals surface area (Å²) >= 11 is 1.43. The van der Waals surface area contributed by atoms with Gasteiger partial charge in [-0.25, -0.2) is 4.98 Å². The van der Waals surface area contributed by atoms with Crippen molar-refractivity contribution in [3.8, 4) is 0 Å². The number of piperazine rings is 1. The predicted molar refractivity (Wildman–Crippen MR) is 87.1 cm³/mol. The Kier molecular flexibility index (Phi) is 5.10. The zero-order valence-corrected chi connectivity index (χ0v) is 12.9. The minimum atomic E-state index is 0.886. The number of hydrogen-bond acceptors (Lipinski definition) is 5. The van der Waals surface area contributed by atoms with E-state index in [1.54, 1.807) is 5.51 Å². The van der Waals surface area contributed by atoms with Crippen LogP contribution in [0.1, 0.15) is 11.4 Å². The molecule has 3 rings (SSSR count). The van der Waals surface area contributed by atoms with Gasteiger partial charge >= 0.3 is 0 Å². The molecule has 21 heavy (non-hydrogen) atoms. The van der Waals surface area contributed by atoms with E-state index in [9.17, 15) is 0 Å². The first kappa shape index (κ1) is 14.4. The first-order chi connectivity index (χ1) is 10.4. The molecular formula is C16H20N4S. The minimum absolute atomic E-state index is 0.886. The third-order valence-electron chi connectivity index (χ3n) is 3.71. The molecule has 2 aromatic rings. The van der Waals surface area contributed by atoms with Crippen LogP contribution in [0.5, 0.6) is 0 Å². The molecule has 4 nitrogen and oxygen atoms in total. The van der Waals surface area contributed by atoms with E-state index in [0.29, 0.717) is 0 Å². The summed E-state index contributed by atoms with van der Waals surface area (Å²) in [5, 5.41) is 0. The molecular weight excluding hydrogens is 280 g/mol. The fourth-order valence-electron chi connectivity index (χ4n) is 2.49. The molecule has 1 aliphatic rings. The predicted octanol–water partition coefficient (Wildman–Crippen LogP) is 2.37. The Labute approximate surface area is 129 Å². The van der Waals surface area contributed by atoms with Gasteiger partial charge in [-0.1, -0.05) is 42.5 Å². The number of benzene rings is 1. The van der Waals surface area contributed by atoms with Crippen molar-refractivity contribution in [2.24, 2.45) is 0 Å². The Morgan fingerprint density at radius 1 is 1.05 bits per heavy atom. The summed E-state index contributed by atoms with van der Waals surface area (Å²) in [4.78, 5) is 9.17. The van der Waals surface area contributed by atoms with Crippen molar-refractivity contribution in [2.75, 3.05) is 32.7 Å². The molecule has 0 saturated carbocycles. The molecule has 1 aromatic carbocycles. The number of hydrogen-bond donors (Lipinski definition) is 0. The fourth-order valence-corrected chi connectivity index (χ4v) is 2.94. The summed E-state index contributed by atoms with van der Waals surface area (Å²) in [6.07, 6.45) is 4.46. The minimum Gasteiger partial charge on any atom is -0.297 e. The van der Waals surface area contributed by atoms with Gasteiger partial charge in [0.2, 0.25) is 0 Å². The highest BCUT2D eigenvalue weighted by atomic mass is 32.1. The van der Waals surface area contributed by atoms with Crippen LogP contribution in [0.15, 0.2) is 41.9 Å². The Morgan fingerprint density at radius 3 is 2.52 bits per heavy atom. The van der Waals surface area contributed by atoms with E-state index in [4.69, 9.17) is 0 Å². The van der Waals surface area contributed by atoms with Gasteiger partial charge < -0.3 is 0 Å². The largest absolute Gasteiger partial charge is 0.297 e. The maximum absolute atomic E-state index is 4.28. The molecule has 5 heteroatoms. The molecule has 0 N–H and O–H groups in total. The van der Waals surface area contributed by atoms with Crippen molar-refractivity contribution in [2.45, 2.75) is 6.54 Å². The van der Waals surface area contributed by atoms with Crippen LogP contribution in [0, 0.1) is 0 Å². The quantitative estimate of drug-likeness (QED) is 0.848. The highest BCUT2D eigenvalue weighted by molar-refractivity contribution is 7.03. The maximum Gasteiger partial charge on any atom is 0.156 e. The maximum atomic E-state index is 4.28. The second-order valence-corrected chi connectivity index (χ2v) is 5.84. The topological polar surface area (TPSA) is 32.3 Å². The lowest BCUT2D eigenvalue weighted by atomic mass is 10.2. The fraction of sp³-hybridized carbons (Fsp3) is 0.375. The summed E-state index contributed by atoms with van der Waals surface area (Å²) < 4.78 is 4.28. The van der Waals surface area contributed by atoms with Crippen molar-refractivity contribution in [1.29, 1.82) is 0 Å². The van der Waals surface area contributed by atoms with Crippen LogP contribution in [0.2, 0.25) is 0 Å². The average molecular weight is 300 g/mol. The molecule has 2 heterocycles. The third-order valence-corrected chi connectivity index (χ3v) is 4.23. The first-order valence-electron chi connectivity index (χ1n) is 7.32. The highest BCUT2D eigenvalue weighted by Crippen LogP contribution is 2.07. The Balaban J connectivity index is 1.40. The van der Waals surface area contributed by atoms with E-state index in [1.165, 1.54) is 17.1 Å². The monoisotopic (exact) mass is 300 g/mol. The molecule has 0 radical (unpaired) electrons. The summed E-state index contributed by atoms with van der Waals surface area (Å²) in [6, 6.07) is 10.5. The van der Waals surface area contributed by atoms with Crippen molar-refractivity contribution in [3.05, 3.63) is 53.3 Å². The zero-order chi connectivity index (χ0) is 14.3. The van der Waals surface area contributed by atoms with E-state index >= 15 is 0 Å². The van der Waals surface area contributed by atoms with E-state index < -0.39 is 0 Å². The Morgan fingerprint density at radius 2 is 1.81 bits per heavy atom. The van der Waals surface area contributed by atoms with Gasteiger partial charge in [0.25, 0.3) is 0 Å². The van der Waals surface area contributed by atoms with Gasteiger partial charge in [0.15, 0.2) is 5.82 Å². The number of rotatable bonds is 5. The SMILES string of the molecule is C(=Cc1ccccc1)CN1CCN(Cc2ncsn2)CC1. The smallest absolute Gasteiger partial charge is 0.156 e.